The standard InChI is InChI=1S/C12H19N3O2/c1-8-11(13)14-7-15-12(8)17-10-5-3-4-9(6-10)16-2/h7,9-10H,3-6H2,1-2H3,(H2,13,14,15). The molecule has 1 aliphatic rings. The number of nitrogens with zero attached hydrogens (tertiary/aromatic N) is 2. The summed E-state index contributed by atoms with van der Waals surface area (Å²) in [6, 6.07) is 0. The van der Waals surface area contributed by atoms with Gasteiger partial charge in [0.05, 0.1) is 11.7 Å². The number of rotatable bonds is 3. The van der Waals surface area contributed by atoms with E-state index in [0.29, 0.717) is 17.8 Å². The molecule has 0 bridgehead atoms. The van der Waals surface area contributed by atoms with Crippen LogP contribution in [0, 0.1) is 6.92 Å². The molecule has 5 heteroatoms. The Balaban J connectivity index is 2.02. The van der Waals surface area contributed by atoms with E-state index in [1.165, 1.54) is 6.33 Å². The lowest BCUT2D eigenvalue weighted by Crippen LogP contribution is -2.30. The molecule has 1 aromatic heterocycles. The van der Waals surface area contributed by atoms with Crippen molar-refractivity contribution in [3.63, 3.8) is 0 Å². The van der Waals surface area contributed by atoms with Gasteiger partial charge >= 0.3 is 0 Å². The summed E-state index contributed by atoms with van der Waals surface area (Å²) in [5, 5.41) is 0. The summed E-state index contributed by atoms with van der Waals surface area (Å²) in [6.07, 6.45) is 6.11. The maximum Gasteiger partial charge on any atom is 0.221 e. The normalized spacial score (nSPS) is 24.6. The first-order valence-electron chi connectivity index (χ1n) is 5.97. The minimum Gasteiger partial charge on any atom is -0.474 e. The monoisotopic (exact) mass is 237 g/mol. The first kappa shape index (κ1) is 12.1. The minimum absolute atomic E-state index is 0.168. The maximum atomic E-state index is 5.89. The van der Waals surface area contributed by atoms with Gasteiger partial charge in [0.15, 0.2) is 0 Å². The van der Waals surface area contributed by atoms with Crippen LogP contribution in [0.5, 0.6) is 5.88 Å². The van der Waals surface area contributed by atoms with E-state index >= 15 is 0 Å². The van der Waals surface area contributed by atoms with Crippen molar-refractivity contribution in [3.05, 3.63) is 11.9 Å². The maximum absolute atomic E-state index is 5.89. The molecule has 1 aliphatic carbocycles. The van der Waals surface area contributed by atoms with E-state index in [1.807, 2.05) is 6.92 Å². The molecule has 17 heavy (non-hydrogen) atoms. The average Bonchev–Trinajstić information content (AvgIpc) is 2.35. The Labute approximate surface area is 101 Å². The number of nitrogens with two attached hydrogens (primary N) is 1. The van der Waals surface area contributed by atoms with Crippen LogP contribution >= 0.6 is 0 Å². The summed E-state index contributed by atoms with van der Waals surface area (Å²) < 4.78 is 11.3. The molecule has 0 aromatic carbocycles. The Kier molecular flexibility index (Phi) is 3.78. The van der Waals surface area contributed by atoms with Gasteiger partial charge in [0.2, 0.25) is 5.88 Å². The molecule has 0 saturated heterocycles. The molecule has 1 fully saturated rings. The lowest BCUT2D eigenvalue weighted by atomic mass is 9.95. The van der Waals surface area contributed by atoms with Crippen LogP contribution in [0.15, 0.2) is 6.33 Å². The first-order valence-corrected chi connectivity index (χ1v) is 5.97. The summed E-state index contributed by atoms with van der Waals surface area (Å²) in [5.74, 6) is 1.08. The van der Waals surface area contributed by atoms with Crippen LogP contribution < -0.4 is 10.5 Å². The SMILES string of the molecule is COC1CCCC(Oc2ncnc(N)c2C)C1. The average molecular weight is 237 g/mol. The molecule has 1 heterocycles. The summed E-state index contributed by atoms with van der Waals surface area (Å²) in [5.41, 5.74) is 6.54. The van der Waals surface area contributed by atoms with Gasteiger partial charge in [0.1, 0.15) is 18.2 Å². The highest BCUT2D eigenvalue weighted by Gasteiger charge is 2.24. The van der Waals surface area contributed by atoms with Crippen molar-refractivity contribution >= 4 is 5.82 Å². The van der Waals surface area contributed by atoms with Gasteiger partial charge in [-0.05, 0) is 26.2 Å². The topological polar surface area (TPSA) is 70.3 Å². The van der Waals surface area contributed by atoms with E-state index in [2.05, 4.69) is 9.97 Å². The second-order valence-electron chi connectivity index (χ2n) is 4.45. The molecular formula is C12H19N3O2. The largest absolute Gasteiger partial charge is 0.474 e. The fraction of sp³-hybridized carbons (Fsp3) is 0.667. The second-order valence-corrected chi connectivity index (χ2v) is 4.45. The highest BCUT2D eigenvalue weighted by Crippen LogP contribution is 2.26. The smallest absolute Gasteiger partial charge is 0.221 e. The van der Waals surface area contributed by atoms with Gasteiger partial charge in [-0.1, -0.05) is 0 Å². The number of methoxy groups -OCH3 is 1. The molecule has 2 unspecified atom stereocenters. The van der Waals surface area contributed by atoms with Gasteiger partial charge < -0.3 is 15.2 Å². The number of nitrogen functional groups attached to an aromatic ring is 1. The van der Waals surface area contributed by atoms with Gasteiger partial charge in [-0.25, -0.2) is 9.97 Å². The van der Waals surface area contributed by atoms with Crippen LogP contribution in [0.2, 0.25) is 0 Å². The Bertz CT molecular complexity index is 384. The van der Waals surface area contributed by atoms with Gasteiger partial charge in [0, 0.05) is 13.5 Å². The molecule has 0 radical (unpaired) electrons. The minimum atomic E-state index is 0.168. The summed E-state index contributed by atoms with van der Waals surface area (Å²) in [7, 11) is 1.75. The molecule has 1 aromatic rings. The summed E-state index contributed by atoms with van der Waals surface area (Å²) >= 11 is 0. The van der Waals surface area contributed by atoms with Crippen LogP contribution in [0.1, 0.15) is 31.2 Å². The van der Waals surface area contributed by atoms with Gasteiger partial charge in [0.25, 0.3) is 0 Å². The molecular weight excluding hydrogens is 218 g/mol. The van der Waals surface area contributed by atoms with E-state index in [-0.39, 0.29) is 6.10 Å². The van der Waals surface area contributed by atoms with Crippen molar-refractivity contribution in [1.29, 1.82) is 0 Å². The van der Waals surface area contributed by atoms with E-state index in [9.17, 15) is 0 Å². The van der Waals surface area contributed by atoms with E-state index in [4.69, 9.17) is 15.2 Å². The number of anilines is 1. The fourth-order valence-electron chi connectivity index (χ4n) is 2.15. The number of hydrogen-bond acceptors (Lipinski definition) is 5. The Hall–Kier alpha value is -1.36. The first-order chi connectivity index (χ1) is 8.20. The Morgan fingerprint density at radius 3 is 2.82 bits per heavy atom. The van der Waals surface area contributed by atoms with Crippen molar-refractivity contribution in [1.82, 2.24) is 9.97 Å². The van der Waals surface area contributed by atoms with Crippen LogP contribution in [0.25, 0.3) is 0 Å². The Morgan fingerprint density at radius 1 is 1.29 bits per heavy atom. The molecule has 1 saturated carbocycles. The zero-order chi connectivity index (χ0) is 12.3. The molecule has 0 aliphatic heterocycles. The van der Waals surface area contributed by atoms with Crippen LogP contribution in [-0.2, 0) is 4.74 Å². The van der Waals surface area contributed by atoms with Crippen molar-refractivity contribution in [2.75, 3.05) is 12.8 Å². The number of aromatic nitrogens is 2. The lowest BCUT2D eigenvalue weighted by molar-refractivity contribution is 0.0192. The van der Waals surface area contributed by atoms with Crippen molar-refractivity contribution in [2.24, 2.45) is 0 Å². The van der Waals surface area contributed by atoms with E-state index in [1.54, 1.807) is 7.11 Å². The van der Waals surface area contributed by atoms with E-state index < -0.39 is 0 Å². The molecule has 2 rings (SSSR count). The third-order valence-electron chi connectivity index (χ3n) is 3.27. The highest BCUT2D eigenvalue weighted by atomic mass is 16.5. The van der Waals surface area contributed by atoms with Crippen molar-refractivity contribution < 1.29 is 9.47 Å². The quantitative estimate of drug-likeness (QED) is 0.866. The summed E-state index contributed by atoms with van der Waals surface area (Å²) in [4.78, 5) is 8.06. The molecule has 2 N–H and O–H groups in total. The molecule has 5 nitrogen and oxygen atoms in total. The predicted molar refractivity (Wildman–Crippen MR) is 64.9 cm³/mol. The number of hydrogen-bond donors (Lipinski definition) is 1. The van der Waals surface area contributed by atoms with Crippen LogP contribution in [0.4, 0.5) is 5.82 Å². The van der Waals surface area contributed by atoms with Gasteiger partial charge in [-0.15, -0.1) is 0 Å². The highest BCUT2D eigenvalue weighted by molar-refractivity contribution is 5.43. The second kappa shape index (κ2) is 5.31. The fourth-order valence-corrected chi connectivity index (χ4v) is 2.15. The molecule has 2 atom stereocenters. The molecule has 0 spiro atoms. The third-order valence-corrected chi connectivity index (χ3v) is 3.27. The van der Waals surface area contributed by atoms with Gasteiger partial charge in [-0.3, -0.25) is 0 Å². The van der Waals surface area contributed by atoms with Crippen LogP contribution in [-0.4, -0.2) is 29.3 Å². The van der Waals surface area contributed by atoms with Gasteiger partial charge in [-0.2, -0.15) is 0 Å². The van der Waals surface area contributed by atoms with Crippen molar-refractivity contribution in [2.45, 2.75) is 44.8 Å². The predicted octanol–water partition coefficient (Wildman–Crippen LogP) is 1.70. The van der Waals surface area contributed by atoms with Crippen molar-refractivity contribution in [3.8, 4) is 5.88 Å². The molecule has 94 valence electrons. The Morgan fingerprint density at radius 2 is 2.06 bits per heavy atom. The third kappa shape index (κ3) is 2.85. The van der Waals surface area contributed by atoms with E-state index in [0.717, 1.165) is 31.2 Å². The zero-order valence-corrected chi connectivity index (χ0v) is 10.3. The number of ether oxygens (including phenoxy) is 2. The summed E-state index contributed by atoms with van der Waals surface area (Å²) in [6.45, 7) is 1.88. The zero-order valence-electron chi connectivity index (χ0n) is 10.3. The molecule has 0 amide bonds. The lowest BCUT2D eigenvalue weighted by Gasteiger charge is -2.28. The van der Waals surface area contributed by atoms with Crippen LogP contribution in [0.3, 0.4) is 0 Å².